The van der Waals surface area contributed by atoms with Crippen LogP contribution in [-0.2, 0) is 6.54 Å². The Labute approximate surface area is 100 Å². The van der Waals surface area contributed by atoms with Crippen LogP contribution in [0.2, 0.25) is 5.15 Å². The smallest absolute Gasteiger partial charge is 0.168 e. The molecule has 15 heavy (non-hydrogen) atoms. The van der Waals surface area contributed by atoms with E-state index in [1.54, 1.807) is 12.3 Å². The summed E-state index contributed by atoms with van der Waals surface area (Å²) in [5.74, 6) is 0. The number of hydrogen-bond donors (Lipinski definition) is 1. The fraction of sp³-hybridized carbons (Fsp3) is 0.400. The van der Waals surface area contributed by atoms with Crippen LogP contribution in [0.25, 0.3) is 0 Å². The average Bonchev–Trinajstić information content (AvgIpc) is 2.22. The lowest BCUT2D eigenvalue weighted by molar-refractivity contribution is 0.490. The van der Waals surface area contributed by atoms with Crippen LogP contribution in [0.5, 0.6) is 0 Å². The minimum absolute atomic E-state index is 0.510. The van der Waals surface area contributed by atoms with Crippen LogP contribution in [0.4, 0.5) is 0 Å². The van der Waals surface area contributed by atoms with Crippen molar-refractivity contribution >= 4 is 28.9 Å². The normalized spacial score (nSPS) is 9.80. The van der Waals surface area contributed by atoms with Gasteiger partial charge in [0.25, 0.3) is 0 Å². The van der Waals surface area contributed by atoms with E-state index in [0.29, 0.717) is 5.15 Å². The molecule has 0 aliphatic carbocycles. The first-order chi connectivity index (χ1) is 7.13. The first-order valence-electron chi connectivity index (χ1n) is 4.73. The van der Waals surface area contributed by atoms with Gasteiger partial charge in [-0.05, 0) is 30.8 Å². The molecule has 82 valence electrons. The molecule has 1 aromatic rings. The quantitative estimate of drug-likeness (QED) is 0.650. The van der Waals surface area contributed by atoms with Crippen molar-refractivity contribution in [3.05, 3.63) is 29.0 Å². The Morgan fingerprint density at radius 1 is 1.60 bits per heavy atom. The second-order valence-corrected chi connectivity index (χ2v) is 3.95. The number of nitrogens with zero attached hydrogens (tertiary/aromatic N) is 2. The van der Waals surface area contributed by atoms with Crippen molar-refractivity contribution in [2.75, 3.05) is 13.6 Å². The van der Waals surface area contributed by atoms with Gasteiger partial charge in [0.2, 0.25) is 0 Å². The summed E-state index contributed by atoms with van der Waals surface area (Å²) in [5.41, 5.74) is 1.09. The minimum atomic E-state index is 0.510. The number of thiocarbonyl (C=S) groups is 1. The van der Waals surface area contributed by atoms with Gasteiger partial charge in [-0.1, -0.05) is 17.7 Å². The van der Waals surface area contributed by atoms with Crippen LogP contribution in [-0.4, -0.2) is 28.6 Å². The fourth-order valence-corrected chi connectivity index (χ4v) is 1.45. The number of rotatable bonds is 3. The van der Waals surface area contributed by atoms with Gasteiger partial charge in [0.1, 0.15) is 5.15 Å². The van der Waals surface area contributed by atoms with E-state index in [2.05, 4.69) is 10.3 Å². The Morgan fingerprint density at radius 3 is 2.87 bits per heavy atom. The van der Waals surface area contributed by atoms with Gasteiger partial charge in [-0.3, -0.25) is 0 Å². The molecule has 1 rings (SSSR count). The van der Waals surface area contributed by atoms with Gasteiger partial charge < -0.3 is 10.2 Å². The van der Waals surface area contributed by atoms with Crippen LogP contribution in [0.1, 0.15) is 12.5 Å². The van der Waals surface area contributed by atoms with Gasteiger partial charge >= 0.3 is 0 Å². The minimum Gasteiger partial charge on any atom is -0.363 e. The average molecular weight is 244 g/mol. The third-order valence-corrected chi connectivity index (χ3v) is 2.56. The SMILES string of the molecule is CCNC(=S)N(C)Cc1ccc(Cl)nc1. The summed E-state index contributed by atoms with van der Waals surface area (Å²) >= 11 is 10.9. The molecule has 1 heterocycles. The number of hydrogen-bond acceptors (Lipinski definition) is 2. The summed E-state index contributed by atoms with van der Waals surface area (Å²) in [7, 11) is 1.94. The van der Waals surface area contributed by atoms with Crippen LogP contribution in [0.15, 0.2) is 18.3 Å². The second kappa shape index (κ2) is 5.88. The highest BCUT2D eigenvalue weighted by atomic mass is 35.5. The Morgan fingerprint density at radius 2 is 2.33 bits per heavy atom. The summed E-state index contributed by atoms with van der Waals surface area (Å²) in [4.78, 5) is 5.97. The summed E-state index contributed by atoms with van der Waals surface area (Å²) < 4.78 is 0. The van der Waals surface area contributed by atoms with E-state index in [-0.39, 0.29) is 0 Å². The van der Waals surface area contributed by atoms with E-state index >= 15 is 0 Å². The molecule has 0 aliphatic rings. The summed E-state index contributed by atoms with van der Waals surface area (Å²) in [5, 5.41) is 4.34. The molecule has 0 saturated heterocycles. The molecule has 0 fully saturated rings. The van der Waals surface area contributed by atoms with Crippen LogP contribution in [0, 0.1) is 0 Å². The van der Waals surface area contributed by atoms with Gasteiger partial charge in [0.05, 0.1) is 0 Å². The molecular weight excluding hydrogens is 230 g/mol. The molecule has 0 aliphatic heterocycles. The van der Waals surface area contributed by atoms with Crippen LogP contribution < -0.4 is 5.32 Å². The Hall–Kier alpha value is -0.870. The predicted molar refractivity (Wildman–Crippen MR) is 67.0 cm³/mol. The van der Waals surface area contributed by atoms with Crippen molar-refractivity contribution in [1.29, 1.82) is 0 Å². The first kappa shape index (κ1) is 12.2. The topological polar surface area (TPSA) is 28.2 Å². The van der Waals surface area contributed by atoms with Gasteiger partial charge in [-0.2, -0.15) is 0 Å². The molecule has 1 N–H and O–H groups in total. The van der Waals surface area contributed by atoms with E-state index in [9.17, 15) is 0 Å². The van der Waals surface area contributed by atoms with Crippen LogP contribution in [0.3, 0.4) is 0 Å². The molecule has 0 bridgehead atoms. The molecule has 0 amide bonds. The third kappa shape index (κ3) is 4.01. The highest BCUT2D eigenvalue weighted by Crippen LogP contribution is 2.07. The largest absolute Gasteiger partial charge is 0.363 e. The lowest BCUT2D eigenvalue weighted by Gasteiger charge is -2.20. The Bertz CT molecular complexity index is 326. The molecule has 0 atom stereocenters. The van der Waals surface area contributed by atoms with E-state index in [0.717, 1.165) is 23.8 Å². The highest BCUT2D eigenvalue weighted by molar-refractivity contribution is 7.80. The van der Waals surface area contributed by atoms with E-state index < -0.39 is 0 Å². The van der Waals surface area contributed by atoms with Gasteiger partial charge in [-0.25, -0.2) is 4.98 Å². The van der Waals surface area contributed by atoms with Gasteiger partial charge in [-0.15, -0.1) is 0 Å². The lowest BCUT2D eigenvalue weighted by atomic mass is 10.3. The molecule has 0 saturated carbocycles. The van der Waals surface area contributed by atoms with Crippen molar-refractivity contribution in [2.45, 2.75) is 13.5 Å². The van der Waals surface area contributed by atoms with Crippen LogP contribution >= 0.6 is 23.8 Å². The van der Waals surface area contributed by atoms with Gasteiger partial charge in [0, 0.05) is 26.3 Å². The zero-order valence-corrected chi connectivity index (χ0v) is 10.4. The van der Waals surface area contributed by atoms with Crippen molar-refractivity contribution < 1.29 is 0 Å². The zero-order chi connectivity index (χ0) is 11.3. The monoisotopic (exact) mass is 243 g/mol. The number of nitrogens with one attached hydrogen (secondary N) is 1. The maximum absolute atomic E-state index is 5.70. The number of aromatic nitrogens is 1. The predicted octanol–water partition coefficient (Wildman–Crippen LogP) is 2.06. The molecule has 0 spiro atoms. The molecular formula is C10H14ClN3S. The van der Waals surface area contributed by atoms with Crippen molar-refractivity contribution in [2.24, 2.45) is 0 Å². The Kier molecular flexibility index (Phi) is 4.78. The first-order valence-corrected chi connectivity index (χ1v) is 5.51. The molecule has 0 unspecified atom stereocenters. The maximum Gasteiger partial charge on any atom is 0.168 e. The van der Waals surface area contributed by atoms with Gasteiger partial charge in [0.15, 0.2) is 5.11 Å². The molecule has 5 heteroatoms. The summed E-state index contributed by atoms with van der Waals surface area (Å²) in [6.45, 7) is 3.59. The molecule has 1 aromatic heterocycles. The molecule has 0 aromatic carbocycles. The fourth-order valence-electron chi connectivity index (χ4n) is 1.13. The van der Waals surface area contributed by atoms with Crippen molar-refractivity contribution in [3.63, 3.8) is 0 Å². The zero-order valence-electron chi connectivity index (χ0n) is 8.83. The van der Waals surface area contributed by atoms with Crippen molar-refractivity contribution in [1.82, 2.24) is 15.2 Å². The van der Waals surface area contributed by atoms with E-state index in [1.807, 2.05) is 24.9 Å². The number of pyridine rings is 1. The van der Waals surface area contributed by atoms with E-state index in [4.69, 9.17) is 23.8 Å². The maximum atomic E-state index is 5.70. The van der Waals surface area contributed by atoms with Crippen molar-refractivity contribution in [3.8, 4) is 0 Å². The summed E-state index contributed by atoms with van der Waals surface area (Å²) in [6.07, 6.45) is 1.76. The summed E-state index contributed by atoms with van der Waals surface area (Å²) in [6, 6.07) is 3.72. The molecule has 3 nitrogen and oxygen atoms in total. The Balaban J connectivity index is 2.54. The third-order valence-electron chi connectivity index (χ3n) is 1.88. The standard InChI is InChI=1S/C10H14ClN3S/c1-3-12-10(15)14(2)7-8-4-5-9(11)13-6-8/h4-6H,3,7H2,1-2H3,(H,12,15). The highest BCUT2D eigenvalue weighted by Gasteiger charge is 2.03. The lowest BCUT2D eigenvalue weighted by Crippen LogP contribution is -2.36. The molecule has 0 radical (unpaired) electrons. The number of halogens is 1. The second-order valence-electron chi connectivity index (χ2n) is 3.18. The van der Waals surface area contributed by atoms with E-state index in [1.165, 1.54) is 0 Å².